The van der Waals surface area contributed by atoms with E-state index < -0.39 is 0 Å². The molecule has 0 aromatic rings. The molecule has 1 N–H and O–H groups in total. The summed E-state index contributed by atoms with van der Waals surface area (Å²) in [5, 5.41) is 4.65. The van der Waals surface area contributed by atoms with E-state index in [0.29, 0.717) is 5.41 Å². The average molecular weight is 213 g/mol. The van der Waals surface area contributed by atoms with Crippen molar-refractivity contribution < 1.29 is 0 Å². The zero-order chi connectivity index (χ0) is 10.0. The molecule has 2 unspecified atom stereocenters. The van der Waals surface area contributed by atoms with E-state index in [1.807, 2.05) is 0 Å². The van der Waals surface area contributed by atoms with Crippen molar-refractivity contribution in [3.63, 3.8) is 0 Å². The van der Waals surface area contributed by atoms with E-state index in [1.165, 1.54) is 44.4 Å². The van der Waals surface area contributed by atoms with Gasteiger partial charge in [-0.2, -0.15) is 11.8 Å². The van der Waals surface area contributed by atoms with Gasteiger partial charge in [-0.1, -0.05) is 26.7 Å². The zero-order valence-corrected chi connectivity index (χ0v) is 10.3. The lowest BCUT2D eigenvalue weighted by molar-refractivity contribution is 0.300. The lowest BCUT2D eigenvalue weighted by Gasteiger charge is -2.26. The highest BCUT2D eigenvalue weighted by Gasteiger charge is 2.30. The fourth-order valence-electron chi connectivity index (χ4n) is 2.76. The lowest BCUT2D eigenvalue weighted by atomic mass is 9.88. The Kier molecular flexibility index (Phi) is 3.43. The van der Waals surface area contributed by atoms with Crippen LogP contribution >= 0.6 is 11.8 Å². The molecule has 0 radical (unpaired) electrons. The largest absolute Gasteiger partial charge is 0.313 e. The van der Waals surface area contributed by atoms with E-state index in [4.69, 9.17) is 0 Å². The number of nitrogens with one attached hydrogen (secondary N) is 1. The van der Waals surface area contributed by atoms with Gasteiger partial charge in [0.15, 0.2) is 0 Å². The van der Waals surface area contributed by atoms with E-state index >= 15 is 0 Å². The van der Waals surface area contributed by atoms with E-state index in [0.717, 1.165) is 11.3 Å². The van der Waals surface area contributed by atoms with E-state index in [-0.39, 0.29) is 0 Å². The van der Waals surface area contributed by atoms with Crippen LogP contribution < -0.4 is 5.32 Å². The van der Waals surface area contributed by atoms with Crippen molar-refractivity contribution in [1.82, 2.24) is 5.32 Å². The molecule has 1 saturated carbocycles. The van der Waals surface area contributed by atoms with Crippen molar-refractivity contribution in [2.45, 2.75) is 57.2 Å². The quantitative estimate of drug-likeness (QED) is 0.773. The molecule has 2 rings (SSSR count). The summed E-state index contributed by atoms with van der Waals surface area (Å²) >= 11 is 2.12. The van der Waals surface area contributed by atoms with Gasteiger partial charge in [-0.05, 0) is 24.7 Å². The van der Waals surface area contributed by atoms with E-state index in [1.54, 1.807) is 0 Å². The summed E-state index contributed by atoms with van der Waals surface area (Å²) in [4.78, 5) is 0. The second-order valence-corrected chi connectivity index (χ2v) is 6.95. The number of hydrogen-bond donors (Lipinski definition) is 1. The standard InChI is InChI=1S/C12H23NS/c1-10-7-11(8-14-10)13-9-12(2)5-3-4-6-12/h10-11,13H,3-9H2,1-2H3. The molecule has 1 aliphatic carbocycles. The van der Waals surface area contributed by atoms with Crippen LogP contribution in [-0.2, 0) is 0 Å². The molecular weight excluding hydrogens is 190 g/mol. The second kappa shape index (κ2) is 4.44. The summed E-state index contributed by atoms with van der Waals surface area (Å²) in [6.07, 6.45) is 7.16. The van der Waals surface area contributed by atoms with Crippen LogP contribution in [0.2, 0.25) is 0 Å². The molecule has 1 heterocycles. The molecule has 2 heteroatoms. The molecule has 14 heavy (non-hydrogen) atoms. The van der Waals surface area contributed by atoms with Gasteiger partial charge >= 0.3 is 0 Å². The molecule has 0 aromatic carbocycles. The van der Waals surface area contributed by atoms with Gasteiger partial charge in [-0.25, -0.2) is 0 Å². The average Bonchev–Trinajstić information content (AvgIpc) is 2.73. The minimum absolute atomic E-state index is 0.622. The molecule has 2 atom stereocenters. The van der Waals surface area contributed by atoms with Gasteiger partial charge in [0.05, 0.1) is 0 Å². The molecular formula is C12H23NS. The van der Waals surface area contributed by atoms with Gasteiger partial charge in [0.25, 0.3) is 0 Å². The van der Waals surface area contributed by atoms with Crippen molar-refractivity contribution in [3.05, 3.63) is 0 Å². The maximum atomic E-state index is 3.77. The smallest absolute Gasteiger partial charge is 0.0168 e. The summed E-state index contributed by atoms with van der Waals surface area (Å²) in [6.45, 7) is 6.06. The predicted octanol–water partition coefficient (Wildman–Crippen LogP) is 3.05. The Bertz CT molecular complexity index is 187. The van der Waals surface area contributed by atoms with Crippen molar-refractivity contribution in [1.29, 1.82) is 0 Å². The monoisotopic (exact) mass is 213 g/mol. The van der Waals surface area contributed by atoms with Crippen molar-refractivity contribution in [2.75, 3.05) is 12.3 Å². The molecule has 1 saturated heterocycles. The Morgan fingerprint density at radius 2 is 2.07 bits per heavy atom. The van der Waals surface area contributed by atoms with Crippen molar-refractivity contribution in [2.24, 2.45) is 5.41 Å². The zero-order valence-electron chi connectivity index (χ0n) is 9.51. The fourth-order valence-corrected chi connectivity index (χ4v) is 3.94. The van der Waals surface area contributed by atoms with Gasteiger partial charge in [-0.15, -0.1) is 0 Å². The van der Waals surface area contributed by atoms with Gasteiger partial charge in [0.2, 0.25) is 0 Å². The highest BCUT2D eigenvalue weighted by Crippen LogP contribution is 2.37. The Morgan fingerprint density at radius 3 is 2.64 bits per heavy atom. The maximum absolute atomic E-state index is 3.77. The first-order valence-corrected chi connectivity index (χ1v) is 7.08. The van der Waals surface area contributed by atoms with Crippen LogP contribution in [0.25, 0.3) is 0 Å². The fraction of sp³-hybridized carbons (Fsp3) is 1.00. The van der Waals surface area contributed by atoms with E-state index in [2.05, 4.69) is 30.9 Å². The maximum Gasteiger partial charge on any atom is 0.0168 e. The summed E-state index contributed by atoms with van der Waals surface area (Å²) in [5.74, 6) is 1.33. The van der Waals surface area contributed by atoms with Crippen LogP contribution in [0.5, 0.6) is 0 Å². The predicted molar refractivity (Wildman–Crippen MR) is 64.9 cm³/mol. The third-order valence-electron chi connectivity index (χ3n) is 3.83. The lowest BCUT2D eigenvalue weighted by Crippen LogP contribution is -2.37. The van der Waals surface area contributed by atoms with Crippen LogP contribution in [0.1, 0.15) is 46.0 Å². The molecule has 1 nitrogen and oxygen atoms in total. The summed E-state index contributed by atoms with van der Waals surface area (Å²) in [5.41, 5.74) is 0.622. The first-order chi connectivity index (χ1) is 6.68. The number of thioether (sulfide) groups is 1. The van der Waals surface area contributed by atoms with Gasteiger partial charge in [0, 0.05) is 23.6 Å². The van der Waals surface area contributed by atoms with E-state index in [9.17, 15) is 0 Å². The normalized spacial score (nSPS) is 36.4. The Hall–Kier alpha value is 0.310. The Balaban J connectivity index is 1.71. The summed E-state index contributed by atoms with van der Waals surface area (Å²) in [7, 11) is 0. The molecule has 2 aliphatic rings. The first-order valence-electron chi connectivity index (χ1n) is 6.03. The van der Waals surface area contributed by atoms with Crippen LogP contribution in [0.15, 0.2) is 0 Å². The second-order valence-electron chi connectivity index (χ2n) is 5.48. The molecule has 0 bridgehead atoms. The third-order valence-corrected chi connectivity index (χ3v) is 5.18. The van der Waals surface area contributed by atoms with Crippen LogP contribution in [-0.4, -0.2) is 23.6 Å². The first kappa shape index (κ1) is 10.8. The summed E-state index contributed by atoms with van der Waals surface area (Å²) in [6, 6.07) is 0.799. The highest BCUT2D eigenvalue weighted by molar-refractivity contribution is 8.00. The van der Waals surface area contributed by atoms with Gasteiger partial charge < -0.3 is 5.32 Å². The molecule has 82 valence electrons. The number of hydrogen-bond acceptors (Lipinski definition) is 2. The highest BCUT2D eigenvalue weighted by atomic mass is 32.2. The minimum atomic E-state index is 0.622. The van der Waals surface area contributed by atoms with Crippen LogP contribution in [0.3, 0.4) is 0 Å². The Labute approximate surface area is 92.4 Å². The van der Waals surface area contributed by atoms with Crippen molar-refractivity contribution in [3.8, 4) is 0 Å². The van der Waals surface area contributed by atoms with Gasteiger partial charge in [0.1, 0.15) is 0 Å². The topological polar surface area (TPSA) is 12.0 Å². The third kappa shape index (κ3) is 2.66. The minimum Gasteiger partial charge on any atom is -0.313 e. The molecule has 0 aromatic heterocycles. The Morgan fingerprint density at radius 1 is 1.36 bits per heavy atom. The van der Waals surface area contributed by atoms with Crippen molar-refractivity contribution >= 4 is 11.8 Å². The number of rotatable bonds is 3. The summed E-state index contributed by atoms with van der Waals surface area (Å²) < 4.78 is 0. The molecule has 2 fully saturated rings. The molecule has 0 spiro atoms. The molecule has 1 aliphatic heterocycles. The SMILES string of the molecule is CC1CC(NCC2(C)CCCC2)CS1. The molecule has 0 amide bonds. The van der Waals surface area contributed by atoms with Gasteiger partial charge in [-0.3, -0.25) is 0 Å². The van der Waals surface area contributed by atoms with Crippen LogP contribution in [0, 0.1) is 5.41 Å². The van der Waals surface area contributed by atoms with Crippen LogP contribution in [0.4, 0.5) is 0 Å².